The third-order valence-corrected chi connectivity index (χ3v) is 3.70. The van der Waals surface area contributed by atoms with Gasteiger partial charge in [0, 0.05) is 18.9 Å². The Morgan fingerprint density at radius 2 is 1.81 bits per heavy atom. The Hall–Kier alpha value is -2.51. The fraction of sp³-hybridized carbons (Fsp3) is 0.474. The van der Waals surface area contributed by atoms with Gasteiger partial charge in [-0.15, -0.1) is 0 Å². The van der Waals surface area contributed by atoms with Gasteiger partial charge in [-0.05, 0) is 44.5 Å². The van der Waals surface area contributed by atoms with Gasteiger partial charge in [-0.25, -0.2) is 4.98 Å². The third-order valence-electron chi connectivity index (χ3n) is 3.70. The lowest BCUT2D eigenvalue weighted by Gasteiger charge is -2.23. The molecule has 2 rings (SSSR count). The van der Waals surface area contributed by atoms with E-state index < -0.39 is 11.7 Å². The van der Waals surface area contributed by atoms with Crippen molar-refractivity contribution in [3.05, 3.63) is 36.0 Å². The Kier molecular flexibility index (Phi) is 6.87. The second-order valence-electron chi connectivity index (χ2n) is 6.31. The number of rotatable bonds is 8. The van der Waals surface area contributed by atoms with E-state index in [-0.39, 0.29) is 17.9 Å². The summed E-state index contributed by atoms with van der Waals surface area (Å²) < 4.78 is 51.1. The van der Waals surface area contributed by atoms with Crippen LogP contribution in [0.5, 0.6) is 11.8 Å². The van der Waals surface area contributed by atoms with Crippen LogP contribution in [0.1, 0.15) is 39.2 Å². The molecule has 0 aliphatic carbocycles. The number of ether oxygens (including phenoxy) is 2. The number of hydrogen-bond acceptors (Lipinski definition) is 5. The second-order valence-corrected chi connectivity index (χ2v) is 6.31. The van der Waals surface area contributed by atoms with E-state index in [0.717, 1.165) is 19.0 Å². The highest BCUT2D eigenvalue weighted by molar-refractivity contribution is 5.63. The monoisotopic (exact) mass is 383 g/mol. The van der Waals surface area contributed by atoms with E-state index >= 15 is 0 Å². The van der Waals surface area contributed by atoms with Crippen LogP contribution in [0.4, 0.5) is 24.7 Å². The van der Waals surface area contributed by atoms with Gasteiger partial charge < -0.3 is 14.4 Å². The topological polar surface area (TPSA) is 47.5 Å². The van der Waals surface area contributed by atoms with Crippen molar-refractivity contribution in [2.45, 2.75) is 45.9 Å². The molecule has 0 N–H and O–H groups in total. The number of alkyl halides is 3. The van der Waals surface area contributed by atoms with Crippen molar-refractivity contribution in [2.24, 2.45) is 0 Å². The number of unbranched alkanes of at least 4 members (excludes halogenated alkanes) is 1. The van der Waals surface area contributed by atoms with Crippen LogP contribution in [0, 0.1) is 0 Å². The van der Waals surface area contributed by atoms with Crippen LogP contribution in [0.25, 0.3) is 0 Å². The molecule has 8 heteroatoms. The Morgan fingerprint density at radius 1 is 1.15 bits per heavy atom. The average molecular weight is 383 g/mol. The van der Waals surface area contributed by atoms with Crippen molar-refractivity contribution in [2.75, 3.05) is 18.6 Å². The van der Waals surface area contributed by atoms with Gasteiger partial charge >= 0.3 is 12.2 Å². The Morgan fingerprint density at radius 3 is 2.37 bits per heavy atom. The van der Waals surface area contributed by atoms with Crippen LogP contribution in [0.2, 0.25) is 0 Å². The summed E-state index contributed by atoms with van der Waals surface area (Å²) >= 11 is 0. The Bertz CT molecular complexity index is 734. The fourth-order valence-corrected chi connectivity index (χ4v) is 2.30. The highest BCUT2D eigenvalue weighted by atomic mass is 19.4. The molecule has 1 aromatic carbocycles. The summed E-state index contributed by atoms with van der Waals surface area (Å²) in [6.07, 6.45) is -2.12. The largest absolute Gasteiger partial charge is 0.494 e. The maximum Gasteiger partial charge on any atom is 0.421 e. The van der Waals surface area contributed by atoms with Crippen molar-refractivity contribution in [1.29, 1.82) is 0 Å². The summed E-state index contributed by atoms with van der Waals surface area (Å²) in [7, 11) is 1.52. The Labute approximate surface area is 157 Å². The van der Waals surface area contributed by atoms with Crippen LogP contribution in [0.15, 0.2) is 30.5 Å². The fourth-order valence-electron chi connectivity index (χ4n) is 2.30. The zero-order valence-electron chi connectivity index (χ0n) is 15.9. The lowest BCUT2D eigenvalue weighted by molar-refractivity contribution is -0.137. The predicted molar refractivity (Wildman–Crippen MR) is 97.7 cm³/mol. The van der Waals surface area contributed by atoms with E-state index in [1.807, 2.05) is 0 Å². The number of halogens is 3. The summed E-state index contributed by atoms with van der Waals surface area (Å²) in [5.74, 6) is 0.399. The summed E-state index contributed by atoms with van der Waals surface area (Å²) in [5, 5.41) is 0. The second kappa shape index (κ2) is 8.92. The SMILES string of the molecule is CCCCOc1ccc(N(C)c2nc(OC(C)C)ncc2C(F)(F)F)cc1. The van der Waals surface area contributed by atoms with Crippen molar-refractivity contribution in [1.82, 2.24) is 9.97 Å². The molecule has 5 nitrogen and oxygen atoms in total. The van der Waals surface area contributed by atoms with Gasteiger partial charge in [-0.1, -0.05) is 13.3 Å². The van der Waals surface area contributed by atoms with E-state index in [1.54, 1.807) is 38.1 Å². The van der Waals surface area contributed by atoms with Crippen LogP contribution < -0.4 is 14.4 Å². The minimum Gasteiger partial charge on any atom is -0.494 e. The van der Waals surface area contributed by atoms with Gasteiger partial charge in [0.1, 0.15) is 11.3 Å². The molecule has 148 valence electrons. The molecular formula is C19H24F3N3O2. The first kappa shape index (κ1) is 20.8. The molecule has 0 atom stereocenters. The molecule has 0 bridgehead atoms. The van der Waals surface area contributed by atoms with E-state index in [2.05, 4.69) is 16.9 Å². The first-order valence-electron chi connectivity index (χ1n) is 8.79. The Balaban J connectivity index is 2.31. The van der Waals surface area contributed by atoms with Crippen LogP contribution in [-0.4, -0.2) is 29.7 Å². The molecule has 0 amide bonds. The van der Waals surface area contributed by atoms with E-state index in [0.29, 0.717) is 18.0 Å². The molecule has 2 aromatic rings. The third kappa shape index (κ3) is 5.74. The molecule has 0 spiro atoms. The van der Waals surface area contributed by atoms with Crippen molar-refractivity contribution < 1.29 is 22.6 Å². The number of nitrogens with zero attached hydrogens (tertiary/aromatic N) is 3. The summed E-state index contributed by atoms with van der Waals surface area (Å²) in [5.41, 5.74) is -0.387. The normalized spacial score (nSPS) is 11.6. The van der Waals surface area contributed by atoms with Crippen molar-refractivity contribution >= 4 is 11.5 Å². The summed E-state index contributed by atoms with van der Waals surface area (Å²) in [6.45, 7) is 6.17. The molecule has 27 heavy (non-hydrogen) atoms. The molecular weight excluding hydrogens is 359 g/mol. The predicted octanol–water partition coefficient (Wildman–Crippen LogP) is 5.23. The van der Waals surface area contributed by atoms with Gasteiger partial charge in [-0.2, -0.15) is 18.2 Å². The molecule has 0 aliphatic heterocycles. The highest BCUT2D eigenvalue weighted by Crippen LogP contribution is 2.38. The number of anilines is 2. The standard InChI is InChI=1S/C19H24F3N3O2/c1-5-6-11-26-15-9-7-14(8-10-15)25(4)17-16(19(20,21)22)12-23-18(24-17)27-13(2)3/h7-10,12-13H,5-6,11H2,1-4H3. The average Bonchev–Trinajstić information content (AvgIpc) is 2.60. The van der Waals surface area contributed by atoms with Gasteiger partial charge in [-0.3, -0.25) is 0 Å². The smallest absolute Gasteiger partial charge is 0.421 e. The van der Waals surface area contributed by atoms with Crippen LogP contribution >= 0.6 is 0 Å². The van der Waals surface area contributed by atoms with Gasteiger partial charge in [0.15, 0.2) is 5.82 Å². The molecule has 0 saturated carbocycles. The first-order chi connectivity index (χ1) is 12.7. The number of benzene rings is 1. The van der Waals surface area contributed by atoms with Crippen LogP contribution in [0.3, 0.4) is 0 Å². The van der Waals surface area contributed by atoms with Gasteiger partial charge in [0.25, 0.3) is 0 Å². The molecule has 0 fully saturated rings. The van der Waals surface area contributed by atoms with Gasteiger partial charge in [0.2, 0.25) is 0 Å². The summed E-state index contributed by atoms with van der Waals surface area (Å²) in [6, 6.07) is 6.72. The molecule has 0 saturated heterocycles. The minimum atomic E-state index is -4.58. The highest BCUT2D eigenvalue weighted by Gasteiger charge is 2.36. The number of hydrogen-bond donors (Lipinski definition) is 0. The van der Waals surface area contributed by atoms with Gasteiger partial charge in [0.05, 0.1) is 12.7 Å². The zero-order valence-corrected chi connectivity index (χ0v) is 15.9. The molecule has 0 radical (unpaired) electrons. The quantitative estimate of drug-likeness (QED) is 0.584. The van der Waals surface area contributed by atoms with E-state index in [9.17, 15) is 13.2 Å². The molecule has 1 aromatic heterocycles. The van der Waals surface area contributed by atoms with Crippen molar-refractivity contribution in [3.63, 3.8) is 0 Å². The molecule has 0 unspecified atom stereocenters. The zero-order chi connectivity index (χ0) is 20.0. The minimum absolute atomic E-state index is 0.0978. The summed E-state index contributed by atoms with van der Waals surface area (Å²) in [4.78, 5) is 9.01. The maximum atomic E-state index is 13.4. The lowest BCUT2D eigenvalue weighted by Crippen LogP contribution is -2.20. The number of aromatic nitrogens is 2. The first-order valence-corrected chi connectivity index (χ1v) is 8.79. The molecule has 0 aliphatic rings. The van der Waals surface area contributed by atoms with E-state index in [1.165, 1.54) is 11.9 Å². The van der Waals surface area contributed by atoms with E-state index in [4.69, 9.17) is 9.47 Å². The van der Waals surface area contributed by atoms with Crippen molar-refractivity contribution in [3.8, 4) is 11.8 Å². The lowest BCUT2D eigenvalue weighted by atomic mass is 10.2. The van der Waals surface area contributed by atoms with Crippen LogP contribution in [-0.2, 0) is 6.18 Å². The molecule has 1 heterocycles. The maximum absolute atomic E-state index is 13.4.